The van der Waals surface area contributed by atoms with E-state index in [1.54, 1.807) is 6.07 Å². The number of alkyl halides is 3. The Morgan fingerprint density at radius 3 is 2.34 bits per heavy atom. The van der Waals surface area contributed by atoms with Gasteiger partial charge in [0.25, 0.3) is 0 Å². The second-order valence-electron chi connectivity index (χ2n) is 8.97. The molecule has 0 bridgehead atoms. The van der Waals surface area contributed by atoms with Crippen LogP contribution >= 0.6 is 0 Å². The van der Waals surface area contributed by atoms with Gasteiger partial charge in [0.15, 0.2) is 12.3 Å². The van der Waals surface area contributed by atoms with E-state index >= 15 is 0 Å². The van der Waals surface area contributed by atoms with Crippen molar-refractivity contribution in [1.29, 1.82) is 0 Å². The lowest BCUT2D eigenvalue weighted by molar-refractivity contribution is -0.564. The molecule has 4 aromatic carbocycles. The topological polar surface area (TPSA) is 3.01 Å². The Morgan fingerprint density at radius 1 is 0.857 bits per heavy atom. The van der Waals surface area contributed by atoms with Crippen LogP contribution in [0.2, 0.25) is 0 Å². The number of nitrogens with zero attached hydrogens (tertiary/aromatic N) is 1. The summed E-state index contributed by atoms with van der Waals surface area (Å²) in [7, 11) is 0. The molecule has 0 saturated carbocycles. The molecule has 0 fully saturated rings. The maximum absolute atomic E-state index is 13.1. The summed E-state index contributed by atoms with van der Waals surface area (Å²) in [5, 5.41) is 2.47. The Balaban J connectivity index is 1.65. The van der Waals surface area contributed by atoms with Gasteiger partial charge in [0.2, 0.25) is 0 Å². The van der Waals surface area contributed by atoms with E-state index < -0.39 is 11.7 Å². The molecule has 0 aliphatic heterocycles. The van der Waals surface area contributed by atoms with Crippen molar-refractivity contribution in [3.8, 4) is 0 Å². The van der Waals surface area contributed by atoms with Crippen molar-refractivity contribution in [3.63, 3.8) is 0 Å². The third-order valence-corrected chi connectivity index (χ3v) is 6.61. The first-order chi connectivity index (χ1) is 16.9. The number of halogens is 3. The number of hydrogen-bond acceptors (Lipinski definition) is 0. The molecule has 0 spiro atoms. The van der Waals surface area contributed by atoms with Crippen molar-refractivity contribution in [1.82, 2.24) is 0 Å². The molecule has 0 saturated heterocycles. The summed E-state index contributed by atoms with van der Waals surface area (Å²) in [6, 6.07) is 28.9. The van der Waals surface area contributed by atoms with Crippen LogP contribution in [0.4, 0.5) is 13.2 Å². The Bertz CT molecular complexity index is 1310. The minimum atomic E-state index is -4.32. The van der Waals surface area contributed by atoms with Crippen molar-refractivity contribution < 1.29 is 17.7 Å². The van der Waals surface area contributed by atoms with Crippen LogP contribution in [0.1, 0.15) is 54.1 Å². The fraction of sp³-hybridized carbons (Fsp3) is 0.258. The van der Waals surface area contributed by atoms with Crippen LogP contribution in [0, 0.1) is 0 Å². The average Bonchev–Trinajstić information content (AvgIpc) is 2.87. The van der Waals surface area contributed by atoms with Crippen molar-refractivity contribution in [3.05, 3.63) is 119 Å². The molecule has 35 heavy (non-hydrogen) atoms. The molecular formula is C31H31F3N+. The Kier molecular flexibility index (Phi) is 7.70. The first-order valence-electron chi connectivity index (χ1n) is 12.2. The van der Waals surface area contributed by atoms with Crippen LogP contribution in [-0.4, -0.2) is 17.3 Å². The van der Waals surface area contributed by atoms with Crippen LogP contribution in [0.3, 0.4) is 0 Å². The standard InChI is InChI=1S/C31H31F3N/c1-3-26-18-19-27-15-7-8-17-29(27)30(26)23(2)35(22-25-11-5-4-6-12-25)20-10-14-24-13-9-16-28(21-24)31(32,33)34/h4-9,11-13,15-19,21-23H,3,10,14,20H2,1-2H3/q+1/t23-/m1/s1. The SMILES string of the molecule is CCc1ccc2ccccc2c1[C@@H](C)[N+](=Cc1ccccc1)CCCc1cccc(C(F)(F)F)c1. The number of hydrogen-bond donors (Lipinski definition) is 0. The molecule has 0 unspecified atom stereocenters. The average molecular weight is 475 g/mol. The smallest absolute Gasteiger partial charge is 0.229 e. The van der Waals surface area contributed by atoms with E-state index in [1.165, 1.54) is 34.0 Å². The lowest BCUT2D eigenvalue weighted by Gasteiger charge is -2.18. The summed E-state index contributed by atoms with van der Waals surface area (Å²) in [4.78, 5) is 0. The van der Waals surface area contributed by atoms with Crippen LogP contribution in [0.5, 0.6) is 0 Å². The van der Waals surface area contributed by atoms with Gasteiger partial charge >= 0.3 is 6.18 Å². The summed E-state index contributed by atoms with van der Waals surface area (Å²) in [5.41, 5.74) is 3.88. The van der Waals surface area contributed by atoms with E-state index in [2.05, 4.69) is 73.2 Å². The number of aryl methyl sites for hydroxylation is 2. The molecule has 4 aromatic rings. The maximum Gasteiger partial charge on any atom is 0.416 e. The molecule has 1 atom stereocenters. The van der Waals surface area contributed by atoms with Gasteiger partial charge < -0.3 is 0 Å². The van der Waals surface area contributed by atoms with E-state index in [1.807, 2.05) is 18.2 Å². The predicted octanol–water partition coefficient (Wildman–Crippen LogP) is 8.25. The van der Waals surface area contributed by atoms with Crippen molar-refractivity contribution in [2.75, 3.05) is 6.54 Å². The molecule has 0 aliphatic rings. The van der Waals surface area contributed by atoms with Crippen molar-refractivity contribution >= 4 is 17.0 Å². The second-order valence-corrected chi connectivity index (χ2v) is 8.97. The van der Waals surface area contributed by atoms with E-state index in [0.717, 1.165) is 31.0 Å². The summed E-state index contributed by atoms with van der Waals surface area (Å²) >= 11 is 0. The highest BCUT2D eigenvalue weighted by molar-refractivity contribution is 5.87. The van der Waals surface area contributed by atoms with Gasteiger partial charge in [-0.25, -0.2) is 4.58 Å². The highest BCUT2D eigenvalue weighted by atomic mass is 19.4. The van der Waals surface area contributed by atoms with E-state index in [9.17, 15) is 13.2 Å². The molecule has 0 heterocycles. The number of benzene rings is 4. The zero-order valence-corrected chi connectivity index (χ0v) is 20.2. The molecule has 0 aromatic heterocycles. The molecule has 4 heteroatoms. The van der Waals surface area contributed by atoms with Gasteiger partial charge in [-0.05, 0) is 52.9 Å². The predicted molar refractivity (Wildman–Crippen MR) is 138 cm³/mol. The molecule has 180 valence electrons. The Hall–Kier alpha value is -3.40. The Morgan fingerprint density at radius 2 is 1.60 bits per heavy atom. The Labute approximate surface area is 205 Å². The third kappa shape index (κ3) is 6.00. The highest BCUT2D eigenvalue weighted by Crippen LogP contribution is 2.31. The maximum atomic E-state index is 13.1. The van der Waals surface area contributed by atoms with Gasteiger partial charge in [0.05, 0.1) is 5.56 Å². The molecule has 1 nitrogen and oxygen atoms in total. The van der Waals surface area contributed by atoms with Gasteiger partial charge in [-0.1, -0.05) is 79.7 Å². The molecule has 0 N–H and O–H groups in total. The molecular weight excluding hydrogens is 443 g/mol. The molecule has 4 rings (SSSR count). The number of rotatable bonds is 8. The third-order valence-electron chi connectivity index (χ3n) is 6.61. The summed E-state index contributed by atoms with van der Waals surface area (Å²) in [5.74, 6) is 0. The van der Waals surface area contributed by atoms with Gasteiger partial charge in [-0.15, -0.1) is 0 Å². The lowest BCUT2D eigenvalue weighted by atomic mass is 9.92. The van der Waals surface area contributed by atoms with Crippen LogP contribution in [-0.2, 0) is 19.0 Å². The first kappa shape index (κ1) is 24.7. The lowest BCUT2D eigenvalue weighted by Crippen LogP contribution is -2.21. The van der Waals surface area contributed by atoms with E-state index in [0.29, 0.717) is 12.0 Å². The fourth-order valence-corrected chi connectivity index (χ4v) is 4.78. The normalized spacial score (nSPS) is 13.2. The molecule has 0 aliphatic carbocycles. The second kappa shape index (κ2) is 10.9. The van der Waals surface area contributed by atoms with Gasteiger partial charge in [-0.3, -0.25) is 0 Å². The zero-order valence-electron chi connectivity index (χ0n) is 20.2. The molecule has 0 amide bonds. The quantitative estimate of drug-likeness (QED) is 0.179. The highest BCUT2D eigenvalue weighted by Gasteiger charge is 2.30. The minimum absolute atomic E-state index is 0.109. The van der Waals surface area contributed by atoms with Crippen LogP contribution in [0.25, 0.3) is 10.8 Å². The van der Waals surface area contributed by atoms with Crippen molar-refractivity contribution in [2.24, 2.45) is 0 Å². The largest absolute Gasteiger partial charge is 0.416 e. The summed E-state index contributed by atoms with van der Waals surface area (Å²) in [6.45, 7) is 5.14. The van der Waals surface area contributed by atoms with Gasteiger partial charge in [-0.2, -0.15) is 13.2 Å². The summed E-state index contributed by atoms with van der Waals surface area (Å²) < 4.78 is 41.8. The number of fused-ring (bicyclic) bond motifs is 1. The van der Waals surface area contributed by atoms with E-state index in [-0.39, 0.29) is 6.04 Å². The fourth-order valence-electron chi connectivity index (χ4n) is 4.78. The molecule has 0 radical (unpaired) electrons. The monoisotopic (exact) mass is 474 g/mol. The van der Waals surface area contributed by atoms with E-state index in [4.69, 9.17) is 0 Å². The van der Waals surface area contributed by atoms with Crippen LogP contribution < -0.4 is 0 Å². The van der Waals surface area contributed by atoms with Crippen molar-refractivity contribution in [2.45, 2.75) is 45.3 Å². The zero-order chi connectivity index (χ0) is 24.8. The van der Waals surface area contributed by atoms with Gasteiger partial charge in [0, 0.05) is 24.5 Å². The minimum Gasteiger partial charge on any atom is -0.229 e. The first-order valence-corrected chi connectivity index (χ1v) is 12.2. The summed E-state index contributed by atoms with van der Waals surface area (Å²) in [6.07, 6.45) is 0.141. The van der Waals surface area contributed by atoms with Crippen LogP contribution in [0.15, 0.2) is 91.0 Å². The van der Waals surface area contributed by atoms with Gasteiger partial charge in [0.1, 0.15) is 6.54 Å².